The predicted octanol–water partition coefficient (Wildman–Crippen LogP) is 1.45. The van der Waals surface area contributed by atoms with Gasteiger partial charge in [0.05, 0.1) is 11.5 Å². The third-order valence-electron chi connectivity index (χ3n) is 4.03. The highest BCUT2D eigenvalue weighted by molar-refractivity contribution is 7.91. The quantitative estimate of drug-likeness (QED) is 0.817. The molecule has 2 N–H and O–H groups in total. The van der Waals surface area contributed by atoms with Crippen LogP contribution in [0.2, 0.25) is 0 Å². The van der Waals surface area contributed by atoms with Gasteiger partial charge < -0.3 is 10.6 Å². The molecule has 0 saturated carbocycles. The van der Waals surface area contributed by atoms with Crippen LogP contribution in [-0.2, 0) is 16.4 Å². The van der Waals surface area contributed by atoms with Crippen LogP contribution in [0.25, 0.3) is 0 Å². The topological polar surface area (TPSA) is 101 Å². The Bertz CT molecular complexity index is 916. The second kappa shape index (κ2) is 7.36. The molecule has 1 amide bonds. The fourth-order valence-corrected chi connectivity index (χ4v) is 4.41. The van der Waals surface area contributed by atoms with Gasteiger partial charge in [-0.15, -0.1) is 0 Å². The molecular weight excluding hydrogens is 359 g/mol. The molecule has 1 aliphatic rings. The summed E-state index contributed by atoms with van der Waals surface area (Å²) in [6.07, 6.45) is 0.411. The van der Waals surface area contributed by atoms with E-state index in [1.807, 2.05) is 0 Å². The van der Waals surface area contributed by atoms with Crippen molar-refractivity contribution in [2.24, 2.45) is 0 Å². The highest BCUT2D eigenvalue weighted by Gasteiger charge is 2.29. The molecule has 2 heterocycles. The number of hydrogen-bond acceptors (Lipinski definition) is 6. The molecule has 3 rings (SSSR count). The number of aryl methyl sites for hydroxylation is 1. The summed E-state index contributed by atoms with van der Waals surface area (Å²) in [7, 11) is -3.07. The number of rotatable bonds is 5. The Morgan fingerprint density at radius 3 is 2.65 bits per heavy atom. The first kappa shape index (κ1) is 18.2. The van der Waals surface area contributed by atoms with Crippen LogP contribution >= 0.6 is 0 Å². The molecule has 1 aliphatic heterocycles. The Hall–Kier alpha value is -2.55. The average Bonchev–Trinajstić information content (AvgIpc) is 2.92. The maximum absolute atomic E-state index is 12.9. The number of carbonyl (C=O) groups excluding carboxylic acids is 1. The van der Waals surface area contributed by atoms with E-state index in [1.165, 1.54) is 18.2 Å². The number of anilines is 1. The number of sulfone groups is 1. The molecule has 9 heteroatoms. The third-order valence-corrected chi connectivity index (χ3v) is 5.79. The van der Waals surface area contributed by atoms with Gasteiger partial charge in [0.15, 0.2) is 9.84 Å². The third kappa shape index (κ3) is 4.75. The second-order valence-electron chi connectivity index (χ2n) is 6.24. The van der Waals surface area contributed by atoms with Gasteiger partial charge in [-0.1, -0.05) is 12.1 Å². The Kier molecular flexibility index (Phi) is 5.17. The lowest BCUT2D eigenvalue weighted by Crippen LogP contribution is -2.36. The van der Waals surface area contributed by atoms with Crippen LogP contribution in [0.5, 0.6) is 0 Å². The standard InChI is InChI=1S/C17H19FN4O3S/c1-11-20-15(17(23)22-14-6-7-26(24,25)10-14)8-16(21-11)19-9-12-2-4-13(18)5-3-12/h2-5,8,14H,6-7,9-10H2,1H3,(H,22,23)(H,19,20,21). The van der Waals surface area contributed by atoms with Crippen LogP contribution in [0.4, 0.5) is 10.2 Å². The lowest BCUT2D eigenvalue weighted by Gasteiger charge is -2.12. The average molecular weight is 378 g/mol. The Balaban J connectivity index is 1.66. The number of benzene rings is 1. The van der Waals surface area contributed by atoms with Crippen molar-refractivity contribution in [1.82, 2.24) is 15.3 Å². The van der Waals surface area contributed by atoms with Gasteiger partial charge in [0.25, 0.3) is 5.91 Å². The zero-order chi connectivity index (χ0) is 18.7. The number of carbonyl (C=O) groups is 1. The minimum atomic E-state index is -3.07. The molecule has 7 nitrogen and oxygen atoms in total. The van der Waals surface area contributed by atoms with E-state index in [9.17, 15) is 17.6 Å². The minimum Gasteiger partial charge on any atom is -0.366 e. The van der Waals surface area contributed by atoms with Gasteiger partial charge in [0, 0.05) is 18.7 Å². The van der Waals surface area contributed by atoms with Gasteiger partial charge in [-0.25, -0.2) is 22.8 Å². The van der Waals surface area contributed by atoms with Crippen molar-refractivity contribution in [2.75, 3.05) is 16.8 Å². The zero-order valence-corrected chi connectivity index (χ0v) is 15.0. The van der Waals surface area contributed by atoms with Gasteiger partial charge in [0.2, 0.25) is 0 Å². The minimum absolute atomic E-state index is 0.0432. The van der Waals surface area contributed by atoms with Crippen molar-refractivity contribution in [3.8, 4) is 0 Å². The van der Waals surface area contributed by atoms with E-state index in [0.717, 1.165) is 5.56 Å². The fraction of sp³-hybridized carbons (Fsp3) is 0.353. The first-order valence-corrected chi connectivity index (χ1v) is 9.98. The summed E-state index contributed by atoms with van der Waals surface area (Å²) in [6.45, 7) is 2.08. The van der Waals surface area contributed by atoms with Crippen LogP contribution in [0.15, 0.2) is 30.3 Å². The zero-order valence-electron chi connectivity index (χ0n) is 14.2. The van der Waals surface area contributed by atoms with Crippen LogP contribution in [0.1, 0.15) is 28.3 Å². The van der Waals surface area contributed by atoms with Crippen LogP contribution in [0.3, 0.4) is 0 Å². The normalized spacial score (nSPS) is 18.5. The van der Waals surface area contributed by atoms with E-state index < -0.39 is 21.8 Å². The van der Waals surface area contributed by atoms with Gasteiger partial charge >= 0.3 is 0 Å². The smallest absolute Gasteiger partial charge is 0.270 e. The highest BCUT2D eigenvalue weighted by atomic mass is 32.2. The number of amides is 1. The molecule has 1 aromatic heterocycles. The molecule has 1 atom stereocenters. The van der Waals surface area contributed by atoms with Crippen molar-refractivity contribution >= 4 is 21.6 Å². The first-order valence-electron chi connectivity index (χ1n) is 8.16. The molecule has 0 spiro atoms. The molecule has 1 saturated heterocycles. The summed E-state index contributed by atoms with van der Waals surface area (Å²) in [4.78, 5) is 20.7. The molecule has 0 aliphatic carbocycles. The van der Waals surface area contributed by atoms with E-state index in [4.69, 9.17) is 0 Å². The maximum Gasteiger partial charge on any atom is 0.270 e. The van der Waals surface area contributed by atoms with Gasteiger partial charge in [-0.2, -0.15) is 0 Å². The Labute approximate surface area is 151 Å². The number of halogens is 1. The van der Waals surface area contributed by atoms with Crippen molar-refractivity contribution in [3.63, 3.8) is 0 Å². The molecule has 0 radical (unpaired) electrons. The van der Waals surface area contributed by atoms with Gasteiger partial charge in [0.1, 0.15) is 23.2 Å². The summed E-state index contributed by atoms with van der Waals surface area (Å²) in [6, 6.07) is 7.18. The summed E-state index contributed by atoms with van der Waals surface area (Å²) in [5, 5.41) is 5.78. The SMILES string of the molecule is Cc1nc(NCc2ccc(F)cc2)cc(C(=O)NC2CCS(=O)(=O)C2)n1. The summed E-state index contributed by atoms with van der Waals surface area (Å²) in [5.74, 6) is 0.190. The second-order valence-corrected chi connectivity index (χ2v) is 8.47. The van der Waals surface area contributed by atoms with Crippen molar-refractivity contribution in [3.05, 3.63) is 53.2 Å². The molecule has 26 heavy (non-hydrogen) atoms. The number of nitrogens with one attached hydrogen (secondary N) is 2. The van der Waals surface area contributed by atoms with Crippen LogP contribution < -0.4 is 10.6 Å². The number of aromatic nitrogens is 2. The van der Waals surface area contributed by atoms with Crippen LogP contribution in [0, 0.1) is 12.7 Å². The van der Waals surface area contributed by atoms with Gasteiger partial charge in [-0.3, -0.25) is 4.79 Å². The largest absolute Gasteiger partial charge is 0.366 e. The molecule has 2 aromatic rings. The maximum atomic E-state index is 12.9. The molecule has 0 bridgehead atoms. The summed E-state index contributed by atoms with van der Waals surface area (Å²) >= 11 is 0. The Morgan fingerprint density at radius 2 is 2.00 bits per heavy atom. The van der Waals surface area contributed by atoms with Gasteiger partial charge in [-0.05, 0) is 31.0 Å². The summed E-state index contributed by atoms with van der Waals surface area (Å²) < 4.78 is 35.9. The van der Waals surface area contributed by atoms with E-state index in [0.29, 0.717) is 24.6 Å². The van der Waals surface area contributed by atoms with E-state index >= 15 is 0 Å². The number of hydrogen-bond donors (Lipinski definition) is 2. The van der Waals surface area contributed by atoms with Crippen molar-refractivity contribution < 1.29 is 17.6 Å². The predicted molar refractivity (Wildman–Crippen MR) is 95.0 cm³/mol. The van der Waals surface area contributed by atoms with E-state index in [1.54, 1.807) is 19.1 Å². The molecular formula is C17H19FN4O3S. The van der Waals surface area contributed by atoms with Crippen molar-refractivity contribution in [2.45, 2.75) is 25.9 Å². The van der Waals surface area contributed by atoms with E-state index in [2.05, 4.69) is 20.6 Å². The monoisotopic (exact) mass is 378 g/mol. The molecule has 1 fully saturated rings. The fourth-order valence-electron chi connectivity index (χ4n) is 2.74. The first-order chi connectivity index (χ1) is 12.3. The summed E-state index contributed by atoms with van der Waals surface area (Å²) in [5.41, 5.74) is 1.04. The number of nitrogens with zero attached hydrogens (tertiary/aromatic N) is 2. The van der Waals surface area contributed by atoms with E-state index in [-0.39, 0.29) is 23.0 Å². The Morgan fingerprint density at radius 1 is 1.27 bits per heavy atom. The lowest BCUT2D eigenvalue weighted by molar-refractivity contribution is 0.0935. The molecule has 1 unspecified atom stereocenters. The highest BCUT2D eigenvalue weighted by Crippen LogP contribution is 2.13. The molecule has 138 valence electrons. The molecule has 1 aromatic carbocycles. The van der Waals surface area contributed by atoms with Crippen molar-refractivity contribution in [1.29, 1.82) is 0 Å². The lowest BCUT2D eigenvalue weighted by atomic mass is 10.2. The van der Waals surface area contributed by atoms with Crippen LogP contribution in [-0.4, -0.2) is 41.8 Å².